The third kappa shape index (κ3) is 2.25. The molecule has 0 aliphatic heterocycles. The summed E-state index contributed by atoms with van der Waals surface area (Å²) in [4.78, 5) is 4.03. The standard InChI is InChI=1S/C10H12N4O/c1-14-10(11)12-9(13-14)7-15-8-5-3-2-4-6-8/h2-6H,7H2,1H3,(H2,11,12,13). The summed E-state index contributed by atoms with van der Waals surface area (Å²) in [5.41, 5.74) is 5.54. The summed E-state index contributed by atoms with van der Waals surface area (Å²) >= 11 is 0. The Labute approximate surface area is 87.5 Å². The van der Waals surface area contributed by atoms with Crippen molar-refractivity contribution in [1.82, 2.24) is 14.8 Å². The number of benzene rings is 1. The van der Waals surface area contributed by atoms with Crippen LogP contribution in [0.4, 0.5) is 5.95 Å². The van der Waals surface area contributed by atoms with Crippen molar-refractivity contribution in [2.45, 2.75) is 6.61 Å². The summed E-state index contributed by atoms with van der Waals surface area (Å²) in [6.45, 7) is 0.328. The third-order valence-electron chi connectivity index (χ3n) is 1.95. The minimum Gasteiger partial charge on any atom is -0.486 e. The first-order chi connectivity index (χ1) is 7.25. The van der Waals surface area contributed by atoms with Crippen LogP contribution in [0, 0.1) is 0 Å². The number of nitrogens with zero attached hydrogens (tertiary/aromatic N) is 3. The van der Waals surface area contributed by atoms with Crippen molar-refractivity contribution in [3.8, 4) is 5.75 Å². The van der Waals surface area contributed by atoms with E-state index in [1.54, 1.807) is 7.05 Å². The van der Waals surface area contributed by atoms with Gasteiger partial charge in [-0.05, 0) is 12.1 Å². The third-order valence-corrected chi connectivity index (χ3v) is 1.95. The Kier molecular flexibility index (Phi) is 2.53. The summed E-state index contributed by atoms with van der Waals surface area (Å²) in [7, 11) is 1.74. The fourth-order valence-corrected chi connectivity index (χ4v) is 1.18. The number of rotatable bonds is 3. The molecule has 2 aromatic rings. The van der Waals surface area contributed by atoms with E-state index in [1.807, 2.05) is 30.3 Å². The van der Waals surface area contributed by atoms with Gasteiger partial charge in [-0.2, -0.15) is 10.1 Å². The molecule has 0 aliphatic carbocycles. The van der Waals surface area contributed by atoms with Crippen LogP contribution in [0.3, 0.4) is 0 Å². The maximum Gasteiger partial charge on any atom is 0.218 e. The molecular weight excluding hydrogens is 192 g/mol. The average Bonchev–Trinajstić information content (AvgIpc) is 2.57. The molecule has 15 heavy (non-hydrogen) atoms. The van der Waals surface area contributed by atoms with Crippen LogP contribution < -0.4 is 10.5 Å². The predicted molar refractivity (Wildman–Crippen MR) is 56.2 cm³/mol. The summed E-state index contributed by atoms with van der Waals surface area (Å²) in [6.07, 6.45) is 0. The van der Waals surface area contributed by atoms with Gasteiger partial charge in [-0.3, -0.25) is 0 Å². The van der Waals surface area contributed by atoms with E-state index in [9.17, 15) is 0 Å². The summed E-state index contributed by atoms with van der Waals surface area (Å²) in [5.74, 6) is 1.77. The van der Waals surface area contributed by atoms with Gasteiger partial charge < -0.3 is 10.5 Å². The molecular formula is C10H12N4O. The van der Waals surface area contributed by atoms with Crippen molar-refractivity contribution in [3.05, 3.63) is 36.2 Å². The van der Waals surface area contributed by atoms with Gasteiger partial charge in [0.1, 0.15) is 12.4 Å². The first-order valence-electron chi connectivity index (χ1n) is 4.59. The molecule has 0 saturated heterocycles. The zero-order valence-electron chi connectivity index (χ0n) is 8.42. The van der Waals surface area contributed by atoms with Crippen LogP contribution in [0.15, 0.2) is 30.3 Å². The van der Waals surface area contributed by atoms with Crippen LogP contribution in [-0.4, -0.2) is 14.8 Å². The molecule has 5 nitrogen and oxygen atoms in total. The molecule has 0 saturated carbocycles. The number of aryl methyl sites for hydroxylation is 1. The number of nitrogen functional groups attached to an aromatic ring is 1. The normalized spacial score (nSPS) is 10.2. The highest BCUT2D eigenvalue weighted by Crippen LogP contribution is 2.10. The Morgan fingerprint density at radius 2 is 2.07 bits per heavy atom. The molecule has 0 aliphatic rings. The van der Waals surface area contributed by atoms with Crippen LogP contribution >= 0.6 is 0 Å². The van der Waals surface area contributed by atoms with Crippen LogP contribution in [0.5, 0.6) is 5.75 Å². The fraction of sp³-hybridized carbons (Fsp3) is 0.200. The zero-order valence-corrected chi connectivity index (χ0v) is 8.42. The van der Waals surface area contributed by atoms with Crippen molar-refractivity contribution in [1.29, 1.82) is 0 Å². The molecule has 1 aromatic carbocycles. The fourth-order valence-electron chi connectivity index (χ4n) is 1.18. The van der Waals surface area contributed by atoms with Gasteiger partial charge in [0.05, 0.1) is 0 Å². The quantitative estimate of drug-likeness (QED) is 0.809. The molecule has 2 rings (SSSR count). The Hall–Kier alpha value is -2.04. The molecule has 2 N–H and O–H groups in total. The smallest absolute Gasteiger partial charge is 0.218 e. The molecule has 0 spiro atoms. The molecule has 0 amide bonds. The van der Waals surface area contributed by atoms with Crippen LogP contribution in [0.1, 0.15) is 5.82 Å². The van der Waals surface area contributed by atoms with Crippen molar-refractivity contribution >= 4 is 5.95 Å². The van der Waals surface area contributed by atoms with E-state index in [4.69, 9.17) is 10.5 Å². The van der Waals surface area contributed by atoms with Crippen LogP contribution in [0.2, 0.25) is 0 Å². The van der Waals surface area contributed by atoms with E-state index in [0.717, 1.165) is 5.75 Å². The minimum atomic E-state index is 0.328. The van der Waals surface area contributed by atoms with E-state index in [0.29, 0.717) is 18.4 Å². The number of hydrogen-bond donors (Lipinski definition) is 1. The molecule has 0 unspecified atom stereocenters. The van der Waals surface area contributed by atoms with Gasteiger partial charge in [0.2, 0.25) is 5.95 Å². The lowest BCUT2D eigenvalue weighted by atomic mass is 10.3. The lowest BCUT2D eigenvalue weighted by Gasteiger charge is -2.01. The van der Waals surface area contributed by atoms with Gasteiger partial charge in [0.25, 0.3) is 0 Å². The molecule has 78 valence electrons. The van der Waals surface area contributed by atoms with Gasteiger partial charge in [-0.25, -0.2) is 4.68 Å². The van der Waals surface area contributed by atoms with E-state index < -0.39 is 0 Å². The second-order valence-electron chi connectivity index (χ2n) is 3.11. The number of anilines is 1. The Balaban J connectivity index is 1.99. The SMILES string of the molecule is Cn1nc(COc2ccccc2)nc1N. The van der Waals surface area contributed by atoms with Gasteiger partial charge in [0.15, 0.2) is 5.82 Å². The summed E-state index contributed by atoms with van der Waals surface area (Å²) < 4.78 is 6.98. The molecule has 1 heterocycles. The summed E-state index contributed by atoms with van der Waals surface area (Å²) in [6, 6.07) is 9.52. The van der Waals surface area contributed by atoms with Gasteiger partial charge in [-0.1, -0.05) is 18.2 Å². The second kappa shape index (κ2) is 4.00. The first kappa shape index (κ1) is 9.51. The maximum absolute atomic E-state index is 5.54. The Morgan fingerprint density at radius 3 is 2.67 bits per heavy atom. The number of hydrogen-bond acceptors (Lipinski definition) is 4. The van der Waals surface area contributed by atoms with Crippen molar-refractivity contribution in [2.24, 2.45) is 7.05 Å². The Bertz CT molecular complexity index is 418. The van der Waals surface area contributed by atoms with E-state index in [1.165, 1.54) is 4.68 Å². The predicted octanol–water partition coefficient (Wildman–Crippen LogP) is 0.976. The first-order valence-corrected chi connectivity index (χ1v) is 4.59. The molecule has 5 heteroatoms. The van der Waals surface area contributed by atoms with Crippen LogP contribution in [-0.2, 0) is 13.7 Å². The largest absolute Gasteiger partial charge is 0.486 e. The molecule has 0 radical (unpaired) electrons. The number of aromatic nitrogens is 3. The zero-order chi connectivity index (χ0) is 10.7. The maximum atomic E-state index is 5.54. The van der Waals surface area contributed by atoms with E-state index in [-0.39, 0.29) is 0 Å². The van der Waals surface area contributed by atoms with Crippen molar-refractivity contribution < 1.29 is 4.74 Å². The highest BCUT2D eigenvalue weighted by Gasteiger charge is 2.03. The average molecular weight is 204 g/mol. The van der Waals surface area contributed by atoms with Gasteiger partial charge in [0, 0.05) is 7.05 Å². The number of nitrogens with two attached hydrogens (primary N) is 1. The monoisotopic (exact) mass is 204 g/mol. The number of para-hydroxylation sites is 1. The van der Waals surface area contributed by atoms with Gasteiger partial charge >= 0.3 is 0 Å². The Morgan fingerprint density at radius 1 is 1.33 bits per heavy atom. The van der Waals surface area contributed by atoms with E-state index >= 15 is 0 Å². The highest BCUT2D eigenvalue weighted by atomic mass is 16.5. The molecule has 0 atom stereocenters. The second-order valence-corrected chi connectivity index (χ2v) is 3.11. The van der Waals surface area contributed by atoms with Crippen molar-refractivity contribution in [2.75, 3.05) is 5.73 Å². The number of ether oxygens (including phenoxy) is 1. The minimum absolute atomic E-state index is 0.328. The van der Waals surface area contributed by atoms with Crippen molar-refractivity contribution in [3.63, 3.8) is 0 Å². The van der Waals surface area contributed by atoms with Gasteiger partial charge in [-0.15, -0.1) is 0 Å². The van der Waals surface area contributed by atoms with Crippen LogP contribution in [0.25, 0.3) is 0 Å². The van der Waals surface area contributed by atoms with E-state index in [2.05, 4.69) is 10.1 Å². The highest BCUT2D eigenvalue weighted by molar-refractivity contribution is 5.21. The summed E-state index contributed by atoms with van der Waals surface area (Å²) in [5, 5.41) is 4.08. The molecule has 1 aromatic heterocycles. The molecule has 0 fully saturated rings. The topological polar surface area (TPSA) is 66.0 Å². The lowest BCUT2D eigenvalue weighted by molar-refractivity contribution is 0.295. The lowest BCUT2D eigenvalue weighted by Crippen LogP contribution is -1.99. The molecule has 0 bridgehead atoms.